The van der Waals surface area contributed by atoms with Crippen molar-refractivity contribution in [3.05, 3.63) is 35.4 Å². The van der Waals surface area contributed by atoms with Gasteiger partial charge in [0.15, 0.2) is 0 Å². The Morgan fingerprint density at radius 2 is 1.96 bits per heavy atom. The second-order valence-electron chi connectivity index (χ2n) is 7.79. The summed E-state index contributed by atoms with van der Waals surface area (Å²) in [5.41, 5.74) is 1.70. The van der Waals surface area contributed by atoms with Gasteiger partial charge in [-0.25, -0.2) is 0 Å². The summed E-state index contributed by atoms with van der Waals surface area (Å²) < 4.78 is 0. The Bertz CT molecular complexity index is 657. The Kier molecular flexibility index (Phi) is 4.50. The minimum Gasteiger partial charge on any atom is -0.396 e. The van der Waals surface area contributed by atoms with Crippen LogP contribution in [-0.4, -0.2) is 41.0 Å². The first kappa shape index (κ1) is 16.6. The van der Waals surface area contributed by atoms with Gasteiger partial charge in [-0.15, -0.1) is 0 Å². The molecule has 2 bridgehead atoms. The van der Waals surface area contributed by atoms with E-state index in [1.807, 2.05) is 29.2 Å². The van der Waals surface area contributed by atoms with Crippen molar-refractivity contribution < 1.29 is 14.7 Å². The van der Waals surface area contributed by atoms with Gasteiger partial charge in [-0.2, -0.15) is 0 Å². The van der Waals surface area contributed by atoms with E-state index in [0.29, 0.717) is 30.4 Å². The quantitative estimate of drug-likeness (QED) is 0.859. The molecule has 1 saturated heterocycles. The van der Waals surface area contributed by atoms with Crippen LogP contribution in [0.4, 0.5) is 0 Å². The van der Waals surface area contributed by atoms with E-state index in [-0.39, 0.29) is 30.4 Å². The molecule has 0 radical (unpaired) electrons. The molecule has 2 aliphatic carbocycles. The number of fused-ring (bicyclic) bond motifs is 2. The van der Waals surface area contributed by atoms with E-state index in [9.17, 15) is 14.7 Å². The van der Waals surface area contributed by atoms with Crippen molar-refractivity contribution >= 4 is 11.8 Å². The molecule has 3 aliphatic rings. The Morgan fingerprint density at radius 3 is 2.64 bits per heavy atom. The summed E-state index contributed by atoms with van der Waals surface area (Å²) in [6.07, 6.45) is 5.07. The highest BCUT2D eigenvalue weighted by Gasteiger charge is 2.47. The van der Waals surface area contributed by atoms with E-state index in [2.05, 4.69) is 5.32 Å². The average Bonchev–Trinajstić information content (AvgIpc) is 3.32. The summed E-state index contributed by atoms with van der Waals surface area (Å²) in [7, 11) is 0. The van der Waals surface area contributed by atoms with Gasteiger partial charge in [0.2, 0.25) is 5.91 Å². The van der Waals surface area contributed by atoms with E-state index in [0.717, 1.165) is 31.4 Å². The van der Waals surface area contributed by atoms with Crippen LogP contribution in [0.25, 0.3) is 0 Å². The zero-order valence-corrected chi connectivity index (χ0v) is 14.5. The predicted octanol–water partition coefficient (Wildman–Crippen LogP) is 1.95. The topological polar surface area (TPSA) is 69.6 Å². The van der Waals surface area contributed by atoms with Crippen molar-refractivity contribution in [2.45, 2.75) is 44.7 Å². The highest BCUT2D eigenvalue weighted by molar-refractivity contribution is 5.94. The third-order valence-corrected chi connectivity index (χ3v) is 6.36. The van der Waals surface area contributed by atoms with Crippen LogP contribution in [0.15, 0.2) is 24.3 Å². The maximum Gasteiger partial charge on any atom is 0.251 e. The number of amides is 2. The number of hydrogen-bond donors (Lipinski definition) is 2. The number of likely N-dealkylation sites (tertiary alicyclic amines) is 1. The first-order valence-electron chi connectivity index (χ1n) is 9.44. The van der Waals surface area contributed by atoms with E-state index in [1.54, 1.807) is 0 Å². The molecule has 4 rings (SSSR count). The summed E-state index contributed by atoms with van der Waals surface area (Å²) in [4.78, 5) is 26.2. The Balaban J connectivity index is 1.38. The fourth-order valence-electron chi connectivity index (χ4n) is 4.99. The maximum absolute atomic E-state index is 12.6. The first-order valence-corrected chi connectivity index (χ1v) is 9.44. The lowest BCUT2D eigenvalue weighted by atomic mass is 9.85. The first-order chi connectivity index (χ1) is 12.2. The van der Waals surface area contributed by atoms with E-state index in [4.69, 9.17) is 0 Å². The van der Waals surface area contributed by atoms with Crippen LogP contribution in [0.5, 0.6) is 0 Å². The van der Waals surface area contributed by atoms with Gasteiger partial charge in [-0.1, -0.05) is 12.1 Å². The third kappa shape index (κ3) is 3.17. The van der Waals surface area contributed by atoms with Crippen molar-refractivity contribution in [2.75, 3.05) is 13.2 Å². The SMILES string of the molecule is O=C(NC1C2CCC(C2)C1CO)c1ccc(CN2CCCC2=O)cc1. The molecule has 0 spiro atoms. The molecule has 1 aromatic carbocycles. The number of benzene rings is 1. The second-order valence-corrected chi connectivity index (χ2v) is 7.79. The number of carbonyl (C=O) groups is 2. The van der Waals surface area contributed by atoms with Crippen LogP contribution in [-0.2, 0) is 11.3 Å². The zero-order valence-electron chi connectivity index (χ0n) is 14.5. The van der Waals surface area contributed by atoms with Gasteiger partial charge in [-0.05, 0) is 55.2 Å². The van der Waals surface area contributed by atoms with E-state index >= 15 is 0 Å². The molecule has 134 valence electrons. The van der Waals surface area contributed by atoms with Crippen molar-refractivity contribution in [2.24, 2.45) is 17.8 Å². The van der Waals surface area contributed by atoms with Crippen LogP contribution in [0.3, 0.4) is 0 Å². The van der Waals surface area contributed by atoms with Gasteiger partial charge >= 0.3 is 0 Å². The minimum atomic E-state index is -0.0557. The molecule has 25 heavy (non-hydrogen) atoms. The standard InChI is InChI=1S/C20H26N2O3/c23-12-17-15-7-8-16(10-15)19(17)21-20(25)14-5-3-13(4-6-14)11-22-9-1-2-18(22)24/h3-6,15-17,19,23H,1-2,7-12H2,(H,21,25). The smallest absolute Gasteiger partial charge is 0.251 e. The fourth-order valence-corrected chi connectivity index (χ4v) is 4.99. The lowest BCUT2D eigenvalue weighted by Gasteiger charge is -2.30. The lowest BCUT2D eigenvalue weighted by Crippen LogP contribution is -2.45. The normalized spacial score (nSPS) is 30.9. The highest BCUT2D eigenvalue weighted by Crippen LogP contribution is 2.48. The Morgan fingerprint density at radius 1 is 1.20 bits per heavy atom. The zero-order chi connectivity index (χ0) is 17.4. The number of hydrogen-bond acceptors (Lipinski definition) is 3. The Labute approximate surface area is 148 Å². The third-order valence-electron chi connectivity index (χ3n) is 6.36. The monoisotopic (exact) mass is 342 g/mol. The summed E-state index contributed by atoms with van der Waals surface area (Å²) in [5.74, 6) is 1.46. The molecule has 3 fully saturated rings. The summed E-state index contributed by atoms with van der Waals surface area (Å²) in [5, 5.41) is 12.8. The molecule has 4 unspecified atom stereocenters. The van der Waals surface area contributed by atoms with Gasteiger partial charge in [0.25, 0.3) is 5.91 Å². The second kappa shape index (κ2) is 6.79. The molecule has 2 saturated carbocycles. The minimum absolute atomic E-state index is 0.0557. The molecule has 5 heteroatoms. The van der Waals surface area contributed by atoms with Gasteiger partial charge in [0, 0.05) is 43.6 Å². The Hall–Kier alpha value is -1.88. The largest absolute Gasteiger partial charge is 0.396 e. The number of carbonyl (C=O) groups excluding carboxylic acids is 2. The van der Waals surface area contributed by atoms with Crippen LogP contribution in [0.2, 0.25) is 0 Å². The van der Waals surface area contributed by atoms with E-state index in [1.165, 1.54) is 6.42 Å². The maximum atomic E-state index is 12.6. The average molecular weight is 342 g/mol. The molecule has 1 heterocycles. The molecule has 1 aliphatic heterocycles. The molecule has 1 aromatic rings. The molecule has 2 amide bonds. The molecule has 5 nitrogen and oxygen atoms in total. The number of aliphatic hydroxyl groups excluding tert-OH is 1. The highest BCUT2D eigenvalue weighted by atomic mass is 16.3. The van der Waals surface area contributed by atoms with Gasteiger partial charge in [-0.3, -0.25) is 9.59 Å². The van der Waals surface area contributed by atoms with Crippen LogP contribution in [0, 0.1) is 17.8 Å². The van der Waals surface area contributed by atoms with Crippen LogP contribution < -0.4 is 5.32 Å². The lowest BCUT2D eigenvalue weighted by molar-refractivity contribution is -0.128. The van der Waals surface area contributed by atoms with Gasteiger partial charge < -0.3 is 15.3 Å². The van der Waals surface area contributed by atoms with Crippen molar-refractivity contribution in [1.82, 2.24) is 10.2 Å². The summed E-state index contributed by atoms with van der Waals surface area (Å²) in [6.45, 7) is 1.61. The van der Waals surface area contributed by atoms with Gasteiger partial charge in [0.1, 0.15) is 0 Å². The van der Waals surface area contributed by atoms with Crippen molar-refractivity contribution in [3.63, 3.8) is 0 Å². The van der Waals surface area contributed by atoms with Crippen molar-refractivity contribution in [1.29, 1.82) is 0 Å². The fraction of sp³-hybridized carbons (Fsp3) is 0.600. The molecule has 0 aromatic heterocycles. The number of nitrogens with zero attached hydrogens (tertiary/aromatic N) is 1. The molecular formula is C20H26N2O3. The molecule has 2 N–H and O–H groups in total. The number of aliphatic hydroxyl groups is 1. The van der Waals surface area contributed by atoms with Crippen LogP contribution >= 0.6 is 0 Å². The predicted molar refractivity (Wildman–Crippen MR) is 93.8 cm³/mol. The number of rotatable bonds is 5. The molecular weight excluding hydrogens is 316 g/mol. The number of nitrogens with one attached hydrogen (secondary N) is 1. The van der Waals surface area contributed by atoms with E-state index < -0.39 is 0 Å². The summed E-state index contributed by atoms with van der Waals surface area (Å²) in [6, 6.07) is 7.66. The van der Waals surface area contributed by atoms with Crippen molar-refractivity contribution in [3.8, 4) is 0 Å². The summed E-state index contributed by atoms with van der Waals surface area (Å²) >= 11 is 0. The van der Waals surface area contributed by atoms with Crippen LogP contribution in [0.1, 0.15) is 48.0 Å². The van der Waals surface area contributed by atoms with Gasteiger partial charge in [0.05, 0.1) is 0 Å². The molecule has 4 atom stereocenters.